The molecule has 17 heavy (non-hydrogen) atoms. The van der Waals surface area contributed by atoms with Gasteiger partial charge >= 0.3 is 0 Å². The monoisotopic (exact) mass is 232 g/mol. The van der Waals surface area contributed by atoms with Gasteiger partial charge in [0.05, 0.1) is 0 Å². The molecule has 3 nitrogen and oxygen atoms in total. The van der Waals surface area contributed by atoms with Gasteiger partial charge in [0.2, 0.25) is 0 Å². The van der Waals surface area contributed by atoms with Crippen LogP contribution in [-0.4, -0.2) is 19.5 Å². The molecule has 1 aliphatic carbocycles. The summed E-state index contributed by atoms with van der Waals surface area (Å²) in [5.41, 5.74) is 1.94. The van der Waals surface area contributed by atoms with Crippen molar-refractivity contribution in [2.75, 3.05) is 13.6 Å². The Kier molecular flexibility index (Phi) is 3.79. The number of carbonyl (C=O) groups is 1. The van der Waals surface area contributed by atoms with E-state index in [0.29, 0.717) is 5.56 Å². The molecule has 3 heteroatoms. The minimum atomic E-state index is -0.0312. The summed E-state index contributed by atoms with van der Waals surface area (Å²) >= 11 is 0. The van der Waals surface area contributed by atoms with E-state index in [-0.39, 0.29) is 5.91 Å². The van der Waals surface area contributed by atoms with E-state index in [1.807, 2.05) is 24.3 Å². The third kappa shape index (κ3) is 3.30. The highest BCUT2D eigenvalue weighted by Crippen LogP contribution is 2.36. The summed E-state index contributed by atoms with van der Waals surface area (Å²) in [6.45, 7) is 4.29. The van der Waals surface area contributed by atoms with Gasteiger partial charge in [0, 0.05) is 19.2 Å². The molecule has 2 rings (SSSR count). The van der Waals surface area contributed by atoms with E-state index in [1.54, 1.807) is 7.05 Å². The van der Waals surface area contributed by atoms with Crippen molar-refractivity contribution in [1.29, 1.82) is 0 Å². The van der Waals surface area contributed by atoms with Crippen LogP contribution in [0.5, 0.6) is 0 Å². The highest BCUT2D eigenvalue weighted by molar-refractivity contribution is 5.93. The Bertz CT molecular complexity index is 386. The lowest BCUT2D eigenvalue weighted by molar-refractivity contribution is 0.0963. The minimum absolute atomic E-state index is 0.0312. The van der Waals surface area contributed by atoms with Gasteiger partial charge < -0.3 is 10.6 Å². The normalized spacial score (nSPS) is 22.2. The number of hydrogen-bond donors (Lipinski definition) is 2. The van der Waals surface area contributed by atoms with Crippen LogP contribution >= 0.6 is 0 Å². The number of carbonyl (C=O) groups excluding carboxylic acids is 1. The van der Waals surface area contributed by atoms with E-state index in [0.717, 1.165) is 24.9 Å². The lowest BCUT2D eigenvalue weighted by Crippen LogP contribution is -2.18. The lowest BCUT2D eigenvalue weighted by Gasteiger charge is -2.05. The number of hydrogen-bond acceptors (Lipinski definition) is 2. The second-order valence-electron chi connectivity index (χ2n) is 4.88. The van der Waals surface area contributed by atoms with Crippen LogP contribution in [0.4, 0.5) is 0 Å². The molecule has 1 aliphatic rings. The predicted octanol–water partition coefficient (Wildman–Crippen LogP) is 1.79. The first-order valence-corrected chi connectivity index (χ1v) is 6.22. The van der Waals surface area contributed by atoms with Crippen molar-refractivity contribution in [2.45, 2.75) is 19.9 Å². The predicted molar refractivity (Wildman–Crippen MR) is 68.8 cm³/mol. The Morgan fingerprint density at radius 3 is 2.53 bits per heavy atom. The molecule has 2 unspecified atom stereocenters. The zero-order valence-electron chi connectivity index (χ0n) is 10.5. The van der Waals surface area contributed by atoms with E-state index in [4.69, 9.17) is 0 Å². The van der Waals surface area contributed by atoms with Gasteiger partial charge in [-0.1, -0.05) is 19.1 Å². The number of nitrogens with one attached hydrogen (secondary N) is 2. The van der Waals surface area contributed by atoms with Crippen molar-refractivity contribution in [3.8, 4) is 0 Å². The highest BCUT2D eigenvalue weighted by atomic mass is 16.1. The summed E-state index contributed by atoms with van der Waals surface area (Å²) in [6, 6.07) is 7.76. The topological polar surface area (TPSA) is 41.1 Å². The Balaban J connectivity index is 1.79. The van der Waals surface area contributed by atoms with Crippen LogP contribution in [0.15, 0.2) is 24.3 Å². The molecule has 0 heterocycles. The second-order valence-corrected chi connectivity index (χ2v) is 4.88. The van der Waals surface area contributed by atoms with Gasteiger partial charge in [-0.3, -0.25) is 4.79 Å². The van der Waals surface area contributed by atoms with Crippen LogP contribution in [0.25, 0.3) is 0 Å². The molecule has 0 spiro atoms. The Morgan fingerprint density at radius 1 is 1.35 bits per heavy atom. The molecule has 1 aromatic carbocycles. The molecule has 0 bridgehead atoms. The van der Waals surface area contributed by atoms with Crippen LogP contribution in [0.3, 0.4) is 0 Å². The van der Waals surface area contributed by atoms with Gasteiger partial charge in [0.15, 0.2) is 0 Å². The first-order valence-electron chi connectivity index (χ1n) is 6.22. The van der Waals surface area contributed by atoms with Gasteiger partial charge in [-0.05, 0) is 42.5 Å². The molecule has 1 amide bonds. The molecule has 1 saturated carbocycles. The van der Waals surface area contributed by atoms with E-state index in [1.165, 1.54) is 12.0 Å². The summed E-state index contributed by atoms with van der Waals surface area (Å²) in [6.07, 6.45) is 1.36. The molecule has 0 aromatic heterocycles. The van der Waals surface area contributed by atoms with Crippen LogP contribution in [-0.2, 0) is 6.54 Å². The Hall–Kier alpha value is -1.35. The summed E-state index contributed by atoms with van der Waals surface area (Å²) in [4.78, 5) is 11.3. The zero-order chi connectivity index (χ0) is 12.3. The lowest BCUT2D eigenvalue weighted by atomic mass is 10.1. The minimum Gasteiger partial charge on any atom is -0.355 e. The van der Waals surface area contributed by atoms with Crippen LogP contribution in [0.1, 0.15) is 29.3 Å². The van der Waals surface area contributed by atoms with Crippen molar-refractivity contribution >= 4 is 5.91 Å². The van der Waals surface area contributed by atoms with Crippen molar-refractivity contribution in [3.63, 3.8) is 0 Å². The van der Waals surface area contributed by atoms with Crippen molar-refractivity contribution in [1.82, 2.24) is 10.6 Å². The standard InChI is InChI=1S/C14H20N2O/c1-10-7-13(10)9-16-8-11-3-5-12(6-4-11)14(17)15-2/h3-6,10,13,16H,7-9H2,1-2H3,(H,15,17). The van der Waals surface area contributed by atoms with E-state index >= 15 is 0 Å². The maximum absolute atomic E-state index is 11.3. The fourth-order valence-electron chi connectivity index (χ4n) is 2.00. The first kappa shape index (κ1) is 12.1. The Labute approximate surface area is 103 Å². The zero-order valence-corrected chi connectivity index (χ0v) is 10.5. The molecule has 1 fully saturated rings. The van der Waals surface area contributed by atoms with Crippen LogP contribution in [0, 0.1) is 11.8 Å². The SMILES string of the molecule is CNC(=O)c1ccc(CNCC2CC2C)cc1. The quantitative estimate of drug-likeness (QED) is 0.812. The maximum Gasteiger partial charge on any atom is 0.251 e. The van der Waals surface area contributed by atoms with E-state index < -0.39 is 0 Å². The summed E-state index contributed by atoms with van der Waals surface area (Å²) < 4.78 is 0. The average molecular weight is 232 g/mol. The van der Waals surface area contributed by atoms with E-state index in [2.05, 4.69) is 17.6 Å². The fourth-order valence-corrected chi connectivity index (χ4v) is 2.00. The molecule has 0 radical (unpaired) electrons. The van der Waals surface area contributed by atoms with Gasteiger partial charge in [-0.2, -0.15) is 0 Å². The van der Waals surface area contributed by atoms with E-state index in [9.17, 15) is 4.79 Å². The fraction of sp³-hybridized carbons (Fsp3) is 0.500. The van der Waals surface area contributed by atoms with Gasteiger partial charge in [-0.25, -0.2) is 0 Å². The van der Waals surface area contributed by atoms with Gasteiger partial charge in [-0.15, -0.1) is 0 Å². The third-order valence-electron chi connectivity index (χ3n) is 3.45. The van der Waals surface area contributed by atoms with Crippen LogP contribution in [0.2, 0.25) is 0 Å². The summed E-state index contributed by atoms with van der Waals surface area (Å²) in [5, 5.41) is 6.07. The number of benzene rings is 1. The number of amides is 1. The van der Waals surface area contributed by atoms with Crippen molar-refractivity contribution < 1.29 is 4.79 Å². The molecule has 92 valence electrons. The first-order chi connectivity index (χ1) is 8.20. The van der Waals surface area contributed by atoms with Crippen molar-refractivity contribution in [3.05, 3.63) is 35.4 Å². The molecule has 2 N–H and O–H groups in total. The molecular weight excluding hydrogens is 212 g/mol. The highest BCUT2D eigenvalue weighted by Gasteiger charge is 2.31. The molecule has 2 atom stereocenters. The van der Waals surface area contributed by atoms with Crippen LogP contribution < -0.4 is 10.6 Å². The number of rotatable bonds is 5. The van der Waals surface area contributed by atoms with Gasteiger partial charge in [0.25, 0.3) is 5.91 Å². The van der Waals surface area contributed by atoms with Gasteiger partial charge in [0.1, 0.15) is 0 Å². The summed E-state index contributed by atoms with van der Waals surface area (Å²) in [7, 11) is 1.65. The summed E-state index contributed by atoms with van der Waals surface area (Å²) in [5.74, 6) is 1.74. The molecular formula is C14H20N2O. The molecule has 1 aromatic rings. The largest absolute Gasteiger partial charge is 0.355 e. The third-order valence-corrected chi connectivity index (χ3v) is 3.45. The Morgan fingerprint density at radius 2 is 2.00 bits per heavy atom. The smallest absolute Gasteiger partial charge is 0.251 e. The average Bonchev–Trinajstić information content (AvgIpc) is 3.05. The maximum atomic E-state index is 11.3. The van der Waals surface area contributed by atoms with Crippen molar-refractivity contribution in [2.24, 2.45) is 11.8 Å². The molecule has 0 saturated heterocycles. The second kappa shape index (κ2) is 5.32. The molecule has 0 aliphatic heterocycles.